The number of ether oxygens (including phenoxy) is 1. The zero-order valence-corrected chi connectivity index (χ0v) is 20.3. The standard InChI is InChI=1S/C25H35N5O4/c1-16(2)22-28-25(34-29-22)30-12-9-18(10-13-30)5-4-14-33-19-6-7-20(17(3)15-19)23(31)27-21-8-11-26-24(21)32/h6-7,15-16,18,21H,4-5,8-14H2,1-3H3,(H,26,32)(H,27,31)/t21-/m1/s1. The van der Waals surface area contributed by atoms with Gasteiger partial charge in [-0.1, -0.05) is 19.0 Å². The van der Waals surface area contributed by atoms with Crippen LogP contribution in [-0.2, 0) is 4.79 Å². The number of nitrogens with one attached hydrogen (secondary N) is 2. The molecule has 34 heavy (non-hydrogen) atoms. The Labute approximate surface area is 200 Å². The van der Waals surface area contributed by atoms with Crippen molar-refractivity contribution in [2.45, 2.75) is 64.8 Å². The number of aromatic nitrogens is 2. The topological polar surface area (TPSA) is 110 Å². The number of anilines is 1. The third-order valence-corrected chi connectivity index (χ3v) is 6.65. The Balaban J connectivity index is 1.17. The van der Waals surface area contributed by atoms with Gasteiger partial charge in [-0.3, -0.25) is 9.59 Å². The second-order valence-corrected chi connectivity index (χ2v) is 9.59. The minimum atomic E-state index is -0.445. The Hall–Kier alpha value is -3.10. The van der Waals surface area contributed by atoms with Gasteiger partial charge in [0.15, 0.2) is 5.82 Å². The number of hydrogen-bond donors (Lipinski definition) is 2. The summed E-state index contributed by atoms with van der Waals surface area (Å²) >= 11 is 0. The fourth-order valence-corrected chi connectivity index (χ4v) is 4.51. The first-order chi connectivity index (χ1) is 16.4. The number of carbonyl (C=O) groups excluding carboxylic acids is 2. The van der Waals surface area contributed by atoms with Gasteiger partial charge in [-0.25, -0.2) is 0 Å². The number of aryl methyl sites for hydroxylation is 1. The minimum absolute atomic E-state index is 0.119. The highest BCUT2D eigenvalue weighted by Gasteiger charge is 2.26. The Morgan fingerprint density at radius 1 is 1.29 bits per heavy atom. The second-order valence-electron chi connectivity index (χ2n) is 9.59. The molecule has 2 aliphatic heterocycles. The molecule has 0 unspecified atom stereocenters. The van der Waals surface area contributed by atoms with Gasteiger partial charge in [0.1, 0.15) is 11.8 Å². The van der Waals surface area contributed by atoms with Crippen LogP contribution in [0.2, 0.25) is 0 Å². The molecule has 0 spiro atoms. The largest absolute Gasteiger partial charge is 0.494 e. The maximum Gasteiger partial charge on any atom is 0.324 e. The van der Waals surface area contributed by atoms with E-state index < -0.39 is 6.04 Å². The van der Waals surface area contributed by atoms with Crippen molar-refractivity contribution in [2.75, 3.05) is 31.1 Å². The smallest absolute Gasteiger partial charge is 0.324 e. The van der Waals surface area contributed by atoms with Crippen molar-refractivity contribution >= 4 is 17.8 Å². The molecule has 2 aromatic rings. The van der Waals surface area contributed by atoms with Crippen molar-refractivity contribution in [3.63, 3.8) is 0 Å². The van der Waals surface area contributed by atoms with E-state index >= 15 is 0 Å². The molecule has 2 N–H and O–H groups in total. The molecule has 3 heterocycles. The number of piperidine rings is 1. The molecule has 0 radical (unpaired) electrons. The molecule has 2 fully saturated rings. The van der Waals surface area contributed by atoms with E-state index in [0.717, 1.165) is 55.9 Å². The Morgan fingerprint density at radius 2 is 2.09 bits per heavy atom. The predicted molar refractivity (Wildman–Crippen MR) is 128 cm³/mol. The van der Waals surface area contributed by atoms with E-state index in [4.69, 9.17) is 9.26 Å². The lowest BCUT2D eigenvalue weighted by atomic mass is 9.92. The lowest BCUT2D eigenvalue weighted by Crippen LogP contribution is -2.40. The molecule has 2 aliphatic rings. The molecule has 9 nitrogen and oxygen atoms in total. The van der Waals surface area contributed by atoms with E-state index in [1.807, 2.05) is 19.1 Å². The summed E-state index contributed by atoms with van der Waals surface area (Å²) in [6.45, 7) is 9.15. The number of hydrogen-bond acceptors (Lipinski definition) is 7. The summed E-state index contributed by atoms with van der Waals surface area (Å²) in [5, 5.41) is 9.60. The van der Waals surface area contributed by atoms with Crippen LogP contribution in [0, 0.1) is 12.8 Å². The number of nitrogens with zero attached hydrogens (tertiary/aromatic N) is 3. The van der Waals surface area contributed by atoms with Gasteiger partial charge in [-0.2, -0.15) is 4.98 Å². The van der Waals surface area contributed by atoms with Crippen LogP contribution in [0.3, 0.4) is 0 Å². The number of carbonyl (C=O) groups is 2. The molecule has 0 aliphatic carbocycles. The van der Waals surface area contributed by atoms with E-state index in [1.54, 1.807) is 6.07 Å². The lowest BCUT2D eigenvalue weighted by Gasteiger charge is -2.30. The lowest BCUT2D eigenvalue weighted by molar-refractivity contribution is -0.120. The number of benzene rings is 1. The summed E-state index contributed by atoms with van der Waals surface area (Å²) in [4.78, 5) is 30.9. The highest BCUT2D eigenvalue weighted by Crippen LogP contribution is 2.26. The van der Waals surface area contributed by atoms with Crippen LogP contribution in [0.5, 0.6) is 5.75 Å². The molecule has 0 saturated carbocycles. The predicted octanol–water partition coefficient (Wildman–Crippen LogP) is 3.20. The molecule has 184 valence electrons. The quantitative estimate of drug-likeness (QED) is 0.543. The zero-order valence-electron chi connectivity index (χ0n) is 20.3. The van der Waals surface area contributed by atoms with Gasteiger partial charge < -0.3 is 24.8 Å². The van der Waals surface area contributed by atoms with Crippen molar-refractivity contribution in [3.05, 3.63) is 35.2 Å². The molecular formula is C25H35N5O4. The third kappa shape index (κ3) is 5.87. The Kier molecular flexibility index (Phi) is 7.70. The molecule has 2 saturated heterocycles. The summed E-state index contributed by atoms with van der Waals surface area (Å²) in [7, 11) is 0. The molecule has 2 amide bonds. The summed E-state index contributed by atoms with van der Waals surface area (Å²) in [5.74, 6) is 2.13. The van der Waals surface area contributed by atoms with Crippen LogP contribution >= 0.6 is 0 Å². The normalized spacial score (nSPS) is 18.9. The first-order valence-corrected chi connectivity index (χ1v) is 12.3. The number of rotatable bonds is 9. The van der Waals surface area contributed by atoms with Gasteiger partial charge in [-0.05, 0) is 68.7 Å². The second kappa shape index (κ2) is 10.9. The maximum atomic E-state index is 12.5. The zero-order chi connectivity index (χ0) is 24.1. The van der Waals surface area contributed by atoms with Gasteiger partial charge in [0.25, 0.3) is 5.91 Å². The third-order valence-electron chi connectivity index (χ3n) is 6.65. The van der Waals surface area contributed by atoms with Crippen molar-refractivity contribution in [3.8, 4) is 5.75 Å². The van der Waals surface area contributed by atoms with E-state index in [1.165, 1.54) is 0 Å². The number of amides is 2. The van der Waals surface area contributed by atoms with E-state index in [2.05, 4.69) is 39.5 Å². The molecule has 1 aromatic heterocycles. The molecule has 4 rings (SSSR count). The highest BCUT2D eigenvalue weighted by molar-refractivity contribution is 5.99. The van der Waals surface area contributed by atoms with Crippen LogP contribution in [-0.4, -0.2) is 54.2 Å². The highest BCUT2D eigenvalue weighted by atomic mass is 16.5. The van der Waals surface area contributed by atoms with E-state index in [9.17, 15) is 9.59 Å². The van der Waals surface area contributed by atoms with Crippen LogP contribution in [0.1, 0.15) is 73.6 Å². The fourth-order valence-electron chi connectivity index (χ4n) is 4.51. The van der Waals surface area contributed by atoms with Gasteiger partial charge in [0, 0.05) is 31.1 Å². The fraction of sp³-hybridized carbons (Fsp3) is 0.600. The van der Waals surface area contributed by atoms with Crippen LogP contribution < -0.4 is 20.3 Å². The van der Waals surface area contributed by atoms with Crippen LogP contribution in [0.15, 0.2) is 22.7 Å². The maximum absolute atomic E-state index is 12.5. The molecule has 9 heteroatoms. The summed E-state index contributed by atoms with van der Waals surface area (Å²) in [6.07, 6.45) is 4.96. The van der Waals surface area contributed by atoms with Crippen LogP contribution in [0.25, 0.3) is 0 Å². The van der Waals surface area contributed by atoms with Crippen molar-refractivity contribution < 1.29 is 18.8 Å². The monoisotopic (exact) mass is 469 g/mol. The van der Waals surface area contributed by atoms with E-state index in [0.29, 0.717) is 37.1 Å². The first-order valence-electron chi connectivity index (χ1n) is 12.3. The molecular weight excluding hydrogens is 434 g/mol. The Bertz CT molecular complexity index is 997. The van der Waals surface area contributed by atoms with Crippen molar-refractivity contribution in [1.82, 2.24) is 20.8 Å². The summed E-state index contributed by atoms with van der Waals surface area (Å²) < 4.78 is 11.4. The SMILES string of the molecule is Cc1cc(OCCCC2CCN(c3nc(C(C)C)no3)CC2)ccc1C(=O)N[C@@H]1CCNC1=O. The van der Waals surface area contributed by atoms with Gasteiger partial charge in [0.2, 0.25) is 5.91 Å². The first kappa shape index (κ1) is 24.0. The minimum Gasteiger partial charge on any atom is -0.494 e. The average molecular weight is 470 g/mol. The summed E-state index contributed by atoms with van der Waals surface area (Å²) in [6, 6.07) is 5.68. The Morgan fingerprint density at radius 3 is 2.74 bits per heavy atom. The van der Waals surface area contributed by atoms with Crippen LogP contribution in [0.4, 0.5) is 6.01 Å². The van der Waals surface area contributed by atoms with Gasteiger partial charge in [-0.15, -0.1) is 0 Å². The van der Waals surface area contributed by atoms with Crippen molar-refractivity contribution in [2.24, 2.45) is 5.92 Å². The molecule has 0 bridgehead atoms. The molecule has 1 atom stereocenters. The molecule has 1 aromatic carbocycles. The summed E-state index contributed by atoms with van der Waals surface area (Å²) in [5.41, 5.74) is 1.41. The van der Waals surface area contributed by atoms with Crippen molar-refractivity contribution in [1.29, 1.82) is 0 Å². The average Bonchev–Trinajstić information content (AvgIpc) is 3.47. The van der Waals surface area contributed by atoms with Gasteiger partial charge >= 0.3 is 6.01 Å². The van der Waals surface area contributed by atoms with E-state index in [-0.39, 0.29) is 17.7 Å². The van der Waals surface area contributed by atoms with Gasteiger partial charge in [0.05, 0.1) is 6.61 Å².